The molecule has 0 unspecified atom stereocenters. The van der Waals surface area contributed by atoms with E-state index >= 15 is 0 Å². The number of amides is 1. The second kappa shape index (κ2) is 8.20. The number of carbonyl (C=O) groups excluding carboxylic acids is 1. The molecule has 0 radical (unpaired) electrons. The van der Waals surface area contributed by atoms with E-state index in [9.17, 15) is 4.79 Å². The predicted molar refractivity (Wildman–Crippen MR) is 121 cm³/mol. The highest BCUT2D eigenvalue weighted by molar-refractivity contribution is 7.18. The van der Waals surface area contributed by atoms with E-state index in [0.29, 0.717) is 9.21 Å². The number of carbonyl (C=O) groups is 1. The van der Waals surface area contributed by atoms with Gasteiger partial charge in [0.1, 0.15) is 5.69 Å². The van der Waals surface area contributed by atoms with Crippen LogP contribution in [-0.4, -0.2) is 26.5 Å². The summed E-state index contributed by atoms with van der Waals surface area (Å²) in [5.41, 5.74) is 2.95. The van der Waals surface area contributed by atoms with Crippen molar-refractivity contribution in [3.05, 3.63) is 70.0 Å². The Morgan fingerprint density at radius 1 is 1.10 bits per heavy atom. The van der Waals surface area contributed by atoms with Gasteiger partial charge >= 0.3 is 0 Å². The number of rotatable bonds is 4. The maximum absolute atomic E-state index is 12.6. The highest BCUT2D eigenvalue weighted by atomic mass is 35.5. The van der Waals surface area contributed by atoms with Crippen LogP contribution in [0.3, 0.4) is 0 Å². The molecule has 152 valence electrons. The molecule has 30 heavy (non-hydrogen) atoms. The van der Waals surface area contributed by atoms with Gasteiger partial charge in [-0.2, -0.15) is 0 Å². The molecule has 1 aromatic carbocycles. The number of fused-ring (bicyclic) bond motifs is 1. The van der Waals surface area contributed by atoms with Gasteiger partial charge in [-0.05, 0) is 62.1 Å². The minimum atomic E-state index is -0.0435. The molecule has 1 N–H and O–H groups in total. The Bertz CT molecular complexity index is 1190. The summed E-state index contributed by atoms with van der Waals surface area (Å²) in [6, 6.07) is 18.0. The zero-order chi connectivity index (χ0) is 20.5. The van der Waals surface area contributed by atoms with Crippen LogP contribution in [0.1, 0.15) is 41.4 Å². The molecule has 0 saturated heterocycles. The average molecular weight is 437 g/mol. The Labute approximate surface area is 183 Å². The van der Waals surface area contributed by atoms with Crippen LogP contribution < -0.4 is 5.32 Å². The van der Waals surface area contributed by atoms with E-state index in [1.807, 2.05) is 36.4 Å². The molecule has 2 atom stereocenters. The maximum atomic E-state index is 12.6. The number of halogens is 1. The third-order valence-corrected chi connectivity index (χ3v) is 6.86. The molecule has 1 amide bonds. The van der Waals surface area contributed by atoms with Gasteiger partial charge in [0.25, 0.3) is 5.91 Å². The van der Waals surface area contributed by atoms with Gasteiger partial charge < -0.3 is 9.88 Å². The standard InChI is InChI=1S/C23H21ClN4OS/c24-21-12-11-20(30-21)23(29)26-15-6-5-7-16(14-15)28-19-10-2-1-8-17(19)27-22(28)18-9-3-4-13-25-18/h1-4,8-13,15-16H,5-7,14H2,(H,26,29)/t15-,16+/m1/s1. The van der Waals surface area contributed by atoms with E-state index in [0.717, 1.165) is 48.2 Å². The van der Waals surface area contributed by atoms with Crippen LogP contribution in [0.5, 0.6) is 0 Å². The van der Waals surface area contributed by atoms with Crippen molar-refractivity contribution in [2.24, 2.45) is 0 Å². The zero-order valence-corrected chi connectivity index (χ0v) is 17.9. The summed E-state index contributed by atoms with van der Waals surface area (Å²) in [5, 5.41) is 3.21. The van der Waals surface area contributed by atoms with Crippen molar-refractivity contribution in [1.82, 2.24) is 19.9 Å². The van der Waals surface area contributed by atoms with Crippen LogP contribution in [0.2, 0.25) is 4.34 Å². The van der Waals surface area contributed by atoms with Gasteiger partial charge in [0.15, 0.2) is 5.82 Å². The Morgan fingerprint density at radius 3 is 2.77 bits per heavy atom. The normalized spacial score (nSPS) is 19.1. The summed E-state index contributed by atoms with van der Waals surface area (Å²) >= 11 is 7.31. The van der Waals surface area contributed by atoms with E-state index in [1.54, 1.807) is 18.3 Å². The van der Waals surface area contributed by atoms with Crippen molar-refractivity contribution in [1.29, 1.82) is 0 Å². The fourth-order valence-electron chi connectivity index (χ4n) is 4.31. The fraction of sp³-hybridized carbons (Fsp3) is 0.261. The van der Waals surface area contributed by atoms with Crippen molar-refractivity contribution in [2.75, 3.05) is 0 Å². The minimum absolute atomic E-state index is 0.0435. The van der Waals surface area contributed by atoms with Crippen molar-refractivity contribution < 1.29 is 4.79 Å². The summed E-state index contributed by atoms with van der Waals surface area (Å²) in [6.45, 7) is 0. The number of nitrogens with zero attached hydrogens (tertiary/aromatic N) is 3. The fourth-order valence-corrected chi connectivity index (χ4v) is 5.26. The summed E-state index contributed by atoms with van der Waals surface area (Å²) in [7, 11) is 0. The maximum Gasteiger partial charge on any atom is 0.261 e. The lowest BCUT2D eigenvalue weighted by Crippen LogP contribution is -2.38. The molecule has 1 aliphatic carbocycles. The molecule has 0 spiro atoms. The van der Waals surface area contributed by atoms with E-state index in [4.69, 9.17) is 16.6 Å². The lowest BCUT2D eigenvalue weighted by Gasteiger charge is -2.31. The van der Waals surface area contributed by atoms with E-state index < -0.39 is 0 Å². The van der Waals surface area contributed by atoms with E-state index in [2.05, 4.69) is 20.9 Å². The smallest absolute Gasteiger partial charge is 0.261 e. The van der Waals surface area contributed by atoms with Gasteiger partial charge in [0.2, 0.25) is 0 Å². The molecule has 5 rings (SSSR count). The van der Waals surface area contributed by atoms with Crippen molar-refractivity contribution in [3.63, 3.8) is 0 Å². The number of imidazole rings is 1. The van der Waals surface area contributed by atoms with Gasteiger partial charge in [-0.1, -0.05) is 29.8 Å². The molecule has 0 bridgehead atoms. The molecule has 5 nitrogen and oxygen atoms in total. The van der Waals surface area contributed by atoms with Crippen molar-refractivity contribution >= 4 is 39.9 Å². The molecule has 4 aromatic rings. The number of nitrogens with one attached hydrogen (secondary N) is 1. The van der Waals surface area contributed by atoms with Crippen LogP contribution in [-0.2, 0) is 0 Å². The van der Waals surface area contributed by atoms with Gasteiger partial charge in [-0.15, -0.1) is 11.3 Å². The van der Waals surface area contributed by atoms with Crippen molar-refractivity contribution in [3.8, 4) is 11.5 Å². The number of pyridine rings is 1. The van der Waals surface area contributed by atoms with Crippen LogP contribution in [0.15, 0.2) is 60.8 Å². The molecule has 3 heterocycles. The second-order valence-electron chi connectivity index (χ2n) is 7.60. The number of benzene rings is 1. The average Bonchev–Trinajstić information content (AvgIpc) is 3.38. The topological polar surface area (TPSA) is 59.8 Å². The lowest BCUT2D eigenvalue weighted by molar-refractivity contribution is 0.0925. The first-order chi connectivity index (χ1) is 14.7. The lowest BCUT2D eigenvalue weighted by atomic mass is 9.90. The largest absolute Gasteiger partial charge is 0.349 e. The zero-order valence-electron chi connectivity index (χ0n) is 16.3. The van der Waals surface area contributed by atoms with Crippen LogP contribution in [0.25, 0.3) is 22.6 Å². The molecule has 0 aliphatic heterocycles. The third kappa shape index (κ3) is 3.73. The molecule has 1 fully saturated rings. The van der Waals surface area contributed by atoms with Crippen LogP contribution in [0, 0.1) is 0 Å². The molecule has 7 heteroatoms. The van der Waals surface area contributed by atoms with Crippen LogP contribution in [0.4, 0.5) is 0 Å². The molecule has 1 saturated carbocycles. The molecular weight excluding hydrogens is 416 g/mol. The summed E-state index contributed by atoms with van der Waals surface area (Å²) < 4.78 is 2.95. The van der Waals surface area contributed by atoms with E-state index in [1.165, 1.54) is 11.3 Å². The highest BCUT2D eigenvalue weighted by Gasteiger charge is 2.28. The Morgan fingerprint density at radius 2 is 1.97 bits per heavy atom. The first-order valence-electron chi connectivity index (χ1n) is 10.1. The van der Waals surface area contributed by atoms with E-state index in [-0.39, 0.29) is 18.0 Å². The third-order valence-electron chi connectivity index (χ3n) is 5.63. The number of hydrogen-bond donors (Lipinski definition) is 1. The predicted octanol–water partition coefficient (Wildman–Crippen LogP) is 5.73. The minimum Gasteiger partial charge on any atom is -0.349 e. The Kier molecular flexibility index (Phi) is 5.27. The summed E-state index contributed by atoms with van der Waals surface area (Å²) in [6.07, 6.45) is 5.75. The van der Waals surface area contributed by atoms with Gasteiger partial charge in [-0.3, -0.25) is 9.78 Å². The molecule has 1 aliphatic rings. The van der Waals surface area contributed by atoms with Gasteiger partial charge in [0, 0.05) is 18.3 Å². The number of hydrogen-bond acceptors (Lipinski definition) is 4. The Hall–Kier alpha value is -2.70. The number of aromatic nitrogens is 3. The second-order valence-corrected chi connectivity index (χ2v) is 9.32. The van der Waals surface area contributed by atoms with Gasteiger partial charge in [-0.25, -0.2) is 4.98 Å². The Balaban J connectivity index is 1.45. The summed E-state index contributed by atoms with van der Waals surface area (Å²) in [5.74, 6) is 0.844. The van der Waals surface area contributed by atoms with Crippen molar-refractivity contribution in [2.45, 2.75) is 37.8 Å². The first kappa shape index (κ1) is 19.3. The quantitative estimate of drug-likeness (QED) is 0.444. The molecular formula is C23H21ClN4OS. The highest BCUT2D eigenvalue weighted by Crippen LogP contribution is 2.35. The van der Waals surface area contributed by atoms with Crippen LogP contribution >= 0.6 is 22.9 Å². The SMILES string of the molecule is O=C(N[C@@H]1CCC[C@H](n2c(-c3ccccn3)nc3ccccc32)C1)c1ccc(Cl)s1. The number of thiophene rings is 1. The summed E-state index contributed by atoms with van der Waals surface area (Å²) in [4.78, 5) is 22.7. The van der Waals surface area contributed by atoms with Gasteiger partial charge in [0.05, 0.1) is 20.2 Å². The monoisotopic (exact) mass is 436 g/mol. The number of para-hydroxylation sites is 2. The first-order valence-corrected chi connectivity index (χ1v) is 11.3. The molecule has 3 aromatic heterocycles.